The van der Waals surface area contributed by atoms with Crippen LogP contribution in [0, 0.1) is 6.92 Å². The Morgan fingerprint density at radius 1 is 0.897 bits per heavy atom. The molecule has 3 aromatic carbocycles. The monoisotopic (exact) mass is 388 g/mol. The first-order chi connectivity index (χ1) is 14.1. The minimum Gasteiger partial charge on any atom is -0.491 e. The van der Waals surface area contributed by atoms with Crippen LogP contribution in [0.5, 0.6) is 5.75 Å². The molecular formula is C24H24N2O3. The molecule has 0 aliphatic carbocycles. The highest BCUT2D eigenvalue weighted by Crippen LogP contribution is 2.19. The van der Waals surface area contributed by atoms with E-state index in [0.29, 0.717) is 30.0 Å². The number of ether oxygens (including phenoxy) is 1. The van der Waals surface area contributed by atoms with Crippen LogP contribution in [0.4, 0.5) is 5.69 Å². The maximum Gasteiger partial charge on any atom is 0.255 e. The molecule has 0 atom stereocenters. The van der Waals surface area contributed by atoms with Gasteiger partial charge < -0.3 is 15.0 Å². The Morgan fingerprint density at radius 3 is 2.31 bits per heavy atom. The second kappa shape index (κ2) is 9.55. The van der Waals surface area contributed by atoms with Crippen molar-refractivity contribution in [2.75, 3.05) is 25.5 Å². The van der Waals surface area contributed by atoms with Crippen LogP contribution in [0.25, 0.3) is 0 Å². The maximum absolute atomic E-state index is 12.9. The maximum atomic E-state index is 12.9. The smallest absolute Gasteiger partial charge is 0.255 e. The molecule has 0 saturated carbocycles. The van der Waals surface area contributed by atoms with E-state index in [-0.39, 0.29) is 11.8 Å². The highest BCUT2D eigenvalue weighted by atomic mass is 16.5. The normalized spacial score (nSPS) is 10.3. The lowest BCUT2D eigenvalue weighted by atomic mass is 10.1. The van der Waals surface area contributed by atoms with Gasteiger partial charge in [0.25, 0.3) is 11.8 Å². The molecule has 0 aliphatic rings. The number of hydrogen-bond donors (Lipinski definition) is 1. The molecular weight excluding hydrogens is 364 g/mol. The molecule has 0 saturated heterocycles. The van der Waals surface area contributed by atoms with Crippen LogP contribution < -0.4 is 10.1 Å². The fourth-order valence-corrected chi connectivity index (χ4v) is 2.88. The predicted molar refractivity (Wildman–Crippen MR) is 114 cm³/mol. The van der Waals surface area contributed by atoms with Crippen molar-refractivity contribution in [1.29, 1.82) is 0 Å². The first-order valence-corrected chi connectivity index (χ1v) is 9.45. The third kappa shape index (κ3) is 5.23. The number of hydrogen-bond acceptors (Lipinski definition) is 3. The summed E-state index contributed by atoms with van der Waals surface area (Å²) in [5.41, 5.74) is 2.51. The third-order valence-corrected chi connectivity index (χ3v) is 4.57. The molecule has 0 aromatic heterocycles. The van der Waals surface area contributed by atoms with Crippen LogP contribution in [0.2, 0.25) is 0 Å². The minimum absolute atomic E-state index is 0.178. The lowest BCUT2D eigenvalue weighted by molar-refractivity contribution is 0.0774. The molecule has 0 spiro atoms. The first-order valence-electron chi connectivity index (χ1n) is 9.45. The van der Waals surface area contributed by atoms with Gasteiger partial charge in [0.1, 0.15) is 12.4 Å². The SMILES string of the molecule is Cc1ccccc1OCCN(C)C(=O)c1ccccc1NC(=O)c1ccccc1. The van der Waals surface area contributed by atoms with Crippen molar-refractivity contribution in [3.8, 4) is 5.75 Å². The van der Waals surface area contributed by atoms with Crippen molar-refractivity contribution >= 4 is 17.5 Å². The molecule has 2 amide bonds. The van der Waals surface area contributed by atoms with Crippen molar-refractivity contribution in [2.24, 2.45) is 0 Å². The zero-order valence-corrected chi connectivity index (χ0v) is 16.6. The molecule has 0 heterocycles. The number of rotatable bonds is 7. The van der Waals surface area contributed by atoms with Gasteiger partial charge in [-0.15, -0.1) is 0 Å². The number of benzene rings is 3. The number of carbonyl (C=O) groups is 2. The van der Waals surface area contributed by atoms with Gasteiger partial charge in [0, 0.05) is 12.6 Å². The van der Waals surface area contributed by atoms with Gasteiger partial charge in [-0.2, -0.15) is 0 Å². The Hall–Kier alpha value is -3.60. The van der Waals surface area contributed by atoms with E-state index in [2.05, 4.69) is 5.32 Å². The minimum atomic E-state index is -0.253. The van der Waals surface area contributed by atoms with Crippen LogP contribution in [0.1, 0.15) is 26.3 Å². The van der Waals surface area contributed by atoms with Crippen LogP contribution in [-0.4, -0.2) is 36.9 Å². The van der Waals surface area contributed by atoms with Gasteiger partial charge in [0.15, 0.2) is 0 Å². The van der Waals surface area contributed by atoms with E-state index in [1.165, 1.54) is 0 Å². The van der Waals surface area contributed by atoms with Gasteiger partial charge in [-0.05, 0) is 42.8 Å². The van der Waals surface area contributed by atoms with Crippen molar-refractivity contribution in [3.63, 3.8) is 0 Å². The number of likely N-dealkylation sites (N-methyl/N-ethyl adjacent to an activating group) is 1. The number of aryl methyl sites for hydroxylation is 1. The van der Waals surface area contributed by atoms with E-state index in [1.54, 1.807) is 60.5 Å². The number of carbonyl (C=O) groups excluding carboxylic acids is 2. The Balaban J connectivity index is 1.64. The van der Waals surface area contributed by atoms with Crippen molar-refractivity contribution in [2.45, 2.75) is 6.92 Å². The van der Waals surface area contributed by atoms with E-state index >= 15 is 0 Å². The molecule has 29 heavy (non-hydrogen) atoms. The Kier molecular flexibility index (Phi) is 6.63. The number of nitrogens with zero attached hydrogens (tertiary/aromatic N) is 1. The van der Waals surface area contributed by atoms with Gasteiger partial charge in [0.2, 0.25) is 0 Å². The summed E-state index contributed by atoms with van der Waals surface area (Å²) in [6.07, 6.45) is 0. The van der Waals surface area contributed by atoms with Crippen molar-refractivity contribution in [3.05, 3.63) is 95.6 Å². The van der Waals surface area contributed by atoms with E-state index in [0.717, 1.165) is 11.3 Å². The van der Waals surface area contributed by atoms with Crippen molar-refractivity contribution in [1.82, 2.24) is 4.90 Å². The summed E-state index contributed by atoms with van der Waals surface area (Å²) in [6.45, 7) is 2.79. The molecule has 0 unspecified atom stereocenters. The summed E-state index contributed by atoms with van der Waals surface area (Å²) in [4.78, 5) is 27.0. The molecule has 5 heteroatoms. The zero-order chi connectivity index (χ0) is 20.6. The van der Waals surface area contributed by atoms with Crippen LogP contribution >= 0.6 is 0 Å². The molecule has 148 valence electrons. The van der Waals surface area contributed by atoms with Gasteiger partial charge in [0.05, 0.1) is 17.8 Å². The van der Waals surface area contributed by atoms with Crippen LogP contribution in [0.15, 0.2) is 78.9 Å². The molecule has 3 aromatic rings. The number of para-hydroxylation sites is 2. The first kappa shape index (κ1) is 20.1. The largest absolute Gasteiger partial charge is 0.491 e. The van der Waals surface area contributed by atoms with Gasteiger partial charge >= 0.3 is 0 Å². The van der Waals surface area contributed by atoms with Gasteiger partial charge in [-0.1, -0.05) is 48.5 Å². The molecule has 5 nitrogen and oxygen atoms in total. The predicted octanol–water partition coefficient (Wildman–Crippen LogP) is 4.40. The average Bonchev–Trinajstić information content (AvgIpc) is 2.75. The fraction of sp³-hybridized carbons (Fsp3) is 0.167. The second-order valence-electron chi connectivity index (χ2n) is 6.71. The van der Waals surface area contributed by atoms with Crippen LogP contribution in [0.3, 0.4) is 0 Å². The summed E-state index contributed by atoms with van der Waals surface area (Å²) < 4.78 is 5.78. The Labute approximate surface area is 170 Å². The fourth-order valence-electron chi connectivity index (χ4n) is 2.88. The summed E-state index contributed by atoms with van der Waals surface area (Å²) >= 11 is 0. The van der Waals surface area contributed by atoms with E-state index in [9.17, 15) is 9.59 Å². The Morgan fingerprint density at radius 2 is 1.55 bits per heavy atom. The zero-order valence-electron chi connectivity index (χ0n) is 16.6. The summed E-state index contributed by atoms with van der Waals surface area (Å²) in [7, 11) is 1.72. The van der Waals surface area contributed by atoms with Crippen LogP contribution in [-0.2, 0) is 0 Å². The lowest BCUT2D eigenvalue weighted by Crippen LogP contribution is -2.31. The lowest BCUT2D eigenvalue weighted by Gasteiger charge is -2.20. The van der Waals surface area contributed by atoms with E-state index in [1.807, 2.05) is 37.3 Å². The van der Waals surface area contributed by atoms with E-state index in [4.69, 9.17) is 4.74 Å². The summed E-state index contributed by atoms with van der Waals surface area (Å²) in [6, 6.07) is 23.7. The number of anilines is 1. The highest BCUT2D eigenvalue weighted by Gasteiger charge is 2.17. The van der Waals surface area contributed by atoms with Crippen molar-refractivity contribution < 1.29 is 14.3 Å². The standard InChI is InChI=1S/C24H24N2O3/c1-18-10-6-9-15-22(18)29-17-16-26(2)24(28)20-13-7-8-14-21(20)25-23(27)19-11-4-3-5-12-19/h3-15H,16-17H2,1-2H3,(H,25,27). The molecule has 0 bridgehead atoms. The topological polar surface area (TPSA) is 58.6 Å². The van der Waals surface area contributed by atoms with Gasteiger partial charge in [-0.25, -0.2) is 0 Å². The average molecular weight is 388 g/mol. The highest BCUT2D eigenvalue weighted by molar-refractivity contribution is 6.08. The molecule has 3 rings (SSSR count). The molecule has 1 N–H and O–H groups in total. The quantitative estimate of drug-likeness (QED) is 0.653. The molecule has 0 radical (unpaired) electrons. The molecule has 0 aliphatic heterocycles. The Bertz CT molecular complexity index is 986. The van der Waals surface area contributed by atoms with E-state index < -0.39 is 0 Å². The second-order valence-corrected chi connectivity index (χ2v) is 6.71. The third-order valence-electron chi connectivity index (χ3n) is 4.57. The summed E-state index contributed by atoms with van der Waals surface area (Å²) in [5.74, 6) is 0.377. The van der Waals surface area contributed by atoms with Gasteiger partial charge in [-0.3, -0.25) is 9.59 Å². The molecule has 0 fully saturated rings. The summed E-state index contributed by atoms with van der Waals surface area (Å²) in [5, 5.41) is 2.83. The number of amides is 2. The number of nitrogens with one attached hydrogen (secondary N) is 1.